The van der Waals surface area contributed by atoms with Gasteiger partial charge in [-0.25, -0.2) is 0 Å². The molecule has 1 rings (SSSR count). The van der Waals surface area contributed by atoms with E-state index in [4.69, 9.17) is 0 Å². The summed E-state index contributed by atoms with van der Waals surface area (Å²) in [6.07, 6.45) is -4.46. The predicted octanol–water partition coefficient (Wildman–Crippen LogP) is 4.63. The van der Waals surface area contributed by atoms with Gasteiger partial charge >= 0.3 is 6.18 Å². The molecule has 0 heterocycles. The quantitative estimate of drug-likeness (QED) is 0.706. The SMILES string of the molecule is CC(=O)C(Br)c1cc(CBr)ccc1C(F)(F)F. The smallest absolute Gasteiger partial charge is 0.298 e. The molecule has 1 nitrogen and oxygen atoms in total. The maximum atomic E-state index is 12.8. The summed E-state index contributed by atoms with van der Waals surface area (Å²) in [6.45, 7) is 1.25. The van der Waals surface area contributed by atoms with Gasteiger partial charge in [0.15, 0.2) is 0 Å². The highest BCUT2D eigenvalue weighted by Crippen LogP contribution is 2.38. The Balaban J connectivity index is 3.36. The number of hydrogen-bond acceptors (Lipinski definition) is 1. The van der Waals surface area contributed by atoms with Crippen molar-refractivity contribution in [3.8, 4) is 0 Å². The standard InChI is InChI=1S/C11H9Br2F3O/c1-6(17)10(13)8-4-7(5-12)2-3-9(8)11(14,15)16/h2-4,10H,5H2,1H3. The third-order valence-corrected chi connectivity index (χ3v) is 3.99. The fourth-order valence-electron chi connectivity index (χ4n) is 1.38. The zero-order chi connectivity index (χ0) is 13.2. The molecule has 17 heavy (non-hydrogen) atoms. The van der Waals surface area contributed by atoms with Crippen molar-refractivity contribution in [2.24, 2.45) is 0 Å². The third-order valence-electron chi connectivity index (χ3n) is 2.21. The Morgan fingerprint density at radius 2 is 2.00 bits per heavy atom. The first-order valence-electron chi connectivity index (χ1n) is 4.68. The number of carbonyl (C=O) groups is 1. The van der Waals surface area contributed by atoms with Gasteiger partial charge in [0, 0.05) is 5.33 Å². The molecule has 94 valence electrons. The first-order valence-corrected chi connectivity index (χ1v) is 6.71. The molecule has 1 unspecified atom stereocenters. The number of benzene rings is 1. The van der Waals surface area contributed by atoms with Crippen molar-refractivity contribution in [3.63, 3.8) is 0 Å². The van der Waals surface area contributed by atoms with E-state index >= 15 is 0 Å². The van der Waals surface area contributed by atoms with Crippen molar-refractivity contribution in [2.75, 3.05) is 0 Å². The molecule has 0 aliphatic rings. The number of carbonyl (C=O) groups excluding carboxylic acids is 1. The first kappa shape index (κ1) is 14.7. The summed E-state index contributed by atoms with van der Waals surface area (Å²) < 4.78 is 38.3. The first-order chi connectivity index (χ1) is 7.77. The van der Waals surface area contributed by atoms with Crippen LogP contribution in [-0.2, 0) is 16.3 Å². The summed E-state index contributed by atoms with van der Waals surface area (Å²) in [7, 11) is 0. The fraction of sp³-hybridized carbons (Fsp3) is 0.364. The van der Waals surface area contributed by atoms with E-state index in [1.807, 2.05) is 0 Å². The van der Waals surface area contributed by atoms with E-state index < -0.39 is 16.6 Å². The Morgan fingerprint density at radius 1 is 1.41 bits per heavy atom. The van der Waals surface area contributed by atoms with Gasteiger partial charge in [0.1, 0.15) is 5.78 Å². The Morgan fingerprint density at radius 3 is 2.41 bits per heavy atom. The molecule has 1 atom stereocenters. The minimum absolute atomic E-state index is 0.0399. The monoisotopic (exact) mass is 372 g/mol. The van der Waals surface area contributed by atoms with E-state index in [-0.39, 0.29) is 11.3 Å². The average Bonchev–Trinajstić information content (AvgIpc) is 2.25. The number of rotatable bonds is 3. The molecule has 0 aliphatic heterocycles. The molecule has 1 aromatic carbocycles. The number of halogens is 5. The van der Waals surface area contributed by atoms with Gasteiger partial charge in [-0.1, -0.05) is 44.0 Å². The Hall–Kier alpha value is -0.360. The molecule has 0 radical (unpaired) electrons. The topological polar surface area (TPSA) is 17.1 Å². The van der Waals surface area contributed by atoms with Crippen molar-refractivity contribution in [3.05, 3.63) is 34.9 Å². The zero-order valence-electron chi connectivity index (χ0n) is 8.81. The summed E-state index contributed by atoms with van der Waals surface area (Å²) in [5, 5.41) is 0.440. The number of ketones is 1. The highest BCUT2D eigenvalue weighted by atomic mass is 79.9. The maximum absolute atomic E-state index is 12.8. The van der Waals surface area contributed by atoms with Crippen molar-refractivity contribution < 1.29 is 18.0 Å². The normalized spacial score (nSPS) is 13.5. The molecule has 1 aromatic rings. The molecule has 0 saturated carbocycles. The number of Topliss-reactive ketones (excluding diaryl/α,β-unsaturated/α-hetero) is 1. The molecule has 0 aliphatic carbocycles. The van der Waals surface area contributed by atoms with Gasteiger partial charge in [-0.15, -0.1) is 0 Å². The van der Waals surface area contributed by atoms with Gasteiger partial charge in [-0.2, -0.15) is 13.2 Å². The van der Waals surface area contributed by atoms with Crippen LogP contribution in [0.15, 0.2) is 18.2 Å². The summed E-state index contributed by atoms with van der Waals surface area (Å²) in [5.41, 5.74) is -0.125. The van der Waals surface area contributed by atoms with Crippen LogP contribution in [0.4, 0.5) is 13.2 Å². The Bertz CT molecular complexity index is 429. The van der Waals surface area contributed by atoms with Gasteiger partial charge in [0.2, 0.25) is 0 Å². The molecule has 0 saturated heterocycles. The second kappa shape index (κ2) is 5.52. The van der Waals surface area contributed by atoms with Crippen LogP contribution in [0.3, 0.4) is 0 Å². The van der Waals surface area contributed by atoms with Crippen molar-refractivity contribution >= 4 is 37.6 Å². The van der Waals surface area contributed by atoms with E-state index in [1.165, 1.54) is 19.1 Å². The minimum atomic E-state index is -4.46. The second-order valence-electron chi connectivity index (χ2n) is 3.53. The van der Waals surface area contributed by atoms with Gasteiger partial charge in [0.25, 0.3) is 0 Å². The fourth-order valence-corrected chi connectivity index (χ4v) is 2.11. The van der Waals surface area contributed by atoms with E-state index in [9.17, 15) is 18.0 Å². The van der Waals surface area contributed by atoms with Crippen LogP contribution >= 0.6 is 31.9 Å². The van der Waals surface area contributed by atoms with Crippen LogP contribution in [0.1, 0.15) is 28.4 Å². The lowest BCUT2D eigenvalue weighted by Crippen LogP contribution is -2.13. The lowest BCUT2D eigenvalue weighted by Gasteiger charge is -2.16. The highest BCUT2D eigenvalue weighted by molar-refractivity contribution is 9.09. The summed E-state index contributed by atoms with van der Waals surface area (Å²) in [4.78, 5) is 10.3. The van der Waals surface area contributed by atoms with Crippen LogP contribution < -0.4 is 0 Å². The Kier molecular flexibility index (Phi) is 4.77. The van der Waals surface area contributed by atoms with Crippen molar-refractivity contribution in [2.45, 2.75) is 23.3 Å². The van der Waals surface area contributed by atoms with Crippen LogP contribution in [0.2, 0.25) is 0 Å². The average molecular weight is 374 g/mol. The van der Waals surface area contributed by atoms with Gasteiger partial charge in [-0.05, 0) is 24.1 Å². The van der Waals surface area contributed by atoms with Crippen molar-refractivity contribution in [1.82, 2.24) is 0 Å². The summed E-state index contributed by atoms with van der Waals surface area (Å²) in [5.74, 6) is -0.359. The zero-order valence-corrected chi connectivity index (χ0v) is 12.0. The van der Waals surface area contributed by atoms with Crippen LogP contribution in [0, 0.1) is 0 Å². The lowest BCUT2D eigenvalue weighted by molar-refractivity contribution is -0.138. The largest absolute Gasteiger partial charge is 0.416 e. The van der Waals surface area contributed by atoms with Gasteiger partial charge in [-0.3, -0.25) is 4.79 Å². The van der Waals surface area contributed by atoms with Crippen LogP contribution in [0.5, 0.6) is 0 Å². The van der Waals surface area contributed by atoms with E-state index in [0.29, 0.717) is 10.9 Å². The van der Waals surface area contributed by atoms with E-state index in [0.717, 1.165) is 6.07 Å². The molecule has 0 spiro atoms. The van der Waals surface area contributed by atoms with E-state index in [1.54, 1.807) is 0 Å². The van der Waals surface area contributed by atoms with Gasteiger partial charge in [0.05, 0.1) is 10.4 Å². The summed E-state index contributed by atoms with van der Waals surface area (Å²) in [6, 6.07) is 3.78. The minimum Gasteiger partial charge on any atom is -0.298 e. The van der Waals surface area contributed by atoms with Gasteiger partial charge < -0.3 is 0 Å². The molecular formula is C11H9Br2F3O. The number of hydrogen-bond donors (Lipinski definition) is 0. The molecular weight excluding hydrogens is 365 g/mol. The predicted molar refractivity (Wildman–Crippen MR) is 66.4 cm³/mol. The molecule has 0 aromatic heterocycles. The second-order valence-corrected chi connectivity index (χ2v) is 5.00. The number of alkyl halides is 5. The third kappa shape index (κ3) is 3.55. The van der Waals surface area contributed by atoms with Crippen molar-refractivity contribution in [1.29, 1.82) is 0 Å². The molecule has 0 bridgehead atoms. The van der Waals surface area contributed by atoms with Crippen LogP contribution in [-0.4, -0.2) is 5.78 Å². The van der Waals surface area contributed by atoms with E-state index in [2.05, 4.69) is 31.9 Å². The molecule has 0 amide bonds. The lowest BCUT2D eigenvalue weighted by atomic mass is 10.00. The Labute approximate surface area is 114 Å². The molecule has 0 fully saturated rings. The summed E-state index contributed by atoms with van der Waals surface area (Å²) >= 11 is 6.16. The molecule has 6 heteroatoms. The van der Waals surface area contributed by atoms with Crippen LogP contribution in [0.25, 0.3) is 0 Å². The molecule has 0 N–H and O–H groups in total. The maximum Gasteiger partial charge on any atom is 0.416 e. The highest BCUT2D eigenvalue weighted by Gasteiger charge is 2.35.